The van der Waals surface area contributed by atoms with E-state index < -0.39 is 16.7 Å². The van der Waals surface area contributed by atoms with Gasteiger partial charge in [0.1, 0.15) is 6.20 Å². The van der Waals surface area contributed by atoms with Crippen LogP contribution in [0.5, 0.6) is 0 Å². The van der Waals surface area contributed by atoms with E-state index in [1.165, 1.54) is 12.3 Å². The zero-order valence-electron chi connectivity index (χ0n) is 14.1. The Bertz CT molecular complexity index is 997. The van der Waals surface area contributed by atoms with Gasteiger partial charge in [0.25, 0.3) is 17.5 Å². The molecule has 0 bridgehead atoms. The van der Waals surface area contributed by atoms with Crippen molar-refractivity contribution < 1.29 is 18.9 Å². The molecular formula is C18H14N4O5. The molecule has 136 valence electrons. The molecule has 0 radical (unpaired) electrons. The first kappa shape index (κ1) is 17.8. The number of aryl methyl sites for hydroxylation is 1. The van der Waals surface area contributed by atoms with E-state index in [0.29, 0.717) is 17.1 Å². The molecule has 2 heterocycles. The van der Waals surface area contributed by atoms with Crippen LogP contribution in [-0.2, 0) is 0 Å². The number of pyridine rings is 1. The molecule has 0 unspecified atom stereocenters. The van der Waals surface area contributed by atoms with E-state index in [2.05, 4.69) is 15.6 Å². The monoisotopic (exact) mass is 366 g/mol. The number of hydrogen-bond donors (Lipinski definition) is 2. The number of nitro groups is 1. The van der Waals surface area contributed by atoms with E-state index >= 15 is 0 Å². The molecule has 9 nitrogen and oxygen atoms in total. The molecule has 3 rings (SSSR count). The first-order chi connectivity index (χ1) is 12.9. The molecule has 2 N–H and O–H groups in total. The summed E-state index contributed by atoms with van der Waals surface area (Å²) in [5.41, 5.74) is 1.20. The van der Waals surface area contributed by atoms with Crippen molar-refractivity contribution in [1.29, 1.82) is 0 Å². The van der Waals surface area contributed by atoms with E-state index in [9.17, 15) is 19.7 Å². The van der Waals surface area contributed by atoms with E-state index in [1.54, 1.807) is 43.3 Å². The maximum Gasteiger partial charge on any atom is 0.291 e. The summed E-state index contributed by atoms with van der Waals surface area (Å²) < 4.78 is 5.01. The summed E-state index contributed by atoms with van der Waals surface area (Å²) in [4.78, 5) is 38.4. The maximum atomic E-state index is 12.4. The SMILES string of the molecule is Cc1ncc([N+](=O)[O-])cc1C(=O)Nc1ccc(NC(=O)c2ccco2)cc1. The minimum atomic E-state index is -0.611. The molecule has 3 aromatic rings. The van der Waals surface area contributed by atoms with Crippen molar-refractivity contribution in [3.05, 3.63) is 82.1 Å². The molecule has 1 aromatic carbocycles. The van der Waals surface area contributed by atoms with Crippen molar-refractivity contribution in [2.45, 2.75) is 6.92 Å². The van der Waals surface area contributed by atoms with Crippen LogP contribution in [0.15, 0.2) is 59.3 Å². The second kappa shape index (κ2) is 7.48. The van der Waals surface area contributed by atoms with Crippen LogP contribution in [0.3, 0.4) is 0 Å². The number of carbonyl (C=O) groups is 2. The van der Waals surface area contributed by atoms with Gasteiger partial charge in [-0.3, -0.25) is 24.7 Å². The molecule has 27 heavy (non-hydrogen) atoms. The van der Waals surface area contributed by atoms with Crippen molar-refractivity contribution in [2.24, 2.45) is 0 Å². The number of rotatable bonds is 5. The van der Waals surface area contributed by atoms with E-state index in [-0.39, 0.29) is 17.0 Å². The highest BCUT2D eigenvalue weighted by Crippen LogP contribution is 2.19. The zero-order chi connectivity index (χ0) is 19.4. The lowest BCUT2D eigenvalue weighted by atomic mass is 10.1. The average Bonchev–Trinajstić information content (AvgIpc) is 3.18. The Morgan fingerprint density at radius 1 is 1.07 bits per heavy atom. The number of aromatic nitrogens is 1. The summed E-state index contributed by atoms with van der Waals surface area (Å²) in [7, 11) is 0. The summed E-state index contributed by atoms with van der Waals surface area (Å²) in [6.07, 6.45) is 2.50. The molecule has 2 amide bonds. The number of hydrogen-bond acceptors (Lipinski definition) is 6. The normalized spacial score (nSPS) is 10.3. The van der Waals surface area contributed by atoms with Gasteiger partial charge < -0.3 is 15.1 Å². The quantitative estimate of drug-likeness (QED) is 0.526. The third kappa shape index (κ3) is 4.15. The summed E-state index contributed by atoms with van der Waals surface area (Å²) in [5, 5.41) is 16.1. The lowest BCUT2D eigenvalue weighted by molar-refractivity contribution is -0.385. The number of carbonyl (C=O) groups excluding carboxylic acids is 2. The Morgan fingerprint density at radius 2 is 1.70 bits per heavy atom. The lowest BCUT2D eigenvalue weighted by Gasteiger charge is -2.08. The predicted octanol–water partition coefficient (Wildman–Crippen LogP) is 3.40. The van der Waals surface area contributed by atoms with Crippen LogP contribution in [0.25, 0.3) is 0 Å². The van der Waals surface area contributed by atoms with Gasteiger partial charge in [-0.1, -0.05) is 0 Å². The topological polar surface area (TPSA) is 127 Å². The van der Waals surface area contributed by atoms with Crippen LogP contribution in [-0.4, -0.2) is 21.7 Å². The van der Waals surface area contributed by atoms with Gasteiger partial charge in [0.15, 0.2) is 5.76 Å². The van der Waals surface area contributed by atoms with Gasteiger partial charge in [0.2, 0.25) is 0 Å². The molecule has 0 fully saturated rings. The van der Waals surface area contributed by atoms with Crippen molar-refractivity contribution >= 4 is 28.9 Å². The highest BCUT2D eigenvalue weighted by Gasteiger charge is 2.16. The Balaban J connectivity index is 1.69. The Kier molecular flexibility index (Phi) is 4.93. The number of amides is 2. The Morgan fingerprint density at radius 3 is 2.26 bits per heavy atom. The minimum absolute atomic E-state index is 0.111. The van der Waals surface area contributed by atoms with Crippen molar-refractivity contribution in [1.82, 2.24) is 4.98 Å². The largest absolute Gasteiger partial charge is 0.459 e. The zero-order valence-corrected chi connectivity index (χ0v) is 14.1. The molecule has 0 saturated heterocycles. The first-order valence-corrected chi connectivity index (χ1v) is 7.81. The van der Waals surface area contributed by atoms with Crippen LogP contribution in [0.4, 0.5) is 17.1 Å². The lowest BCUT2D eigenvalue weighted by Crippen LogP contribution is -2.15. The second-order valence-corrected chi connectivity index (χ2v) is 5.55. The first-order valence-electron chi connectivity index (χ1n) is 7.81. The Hall–Kier alpha value is -4.01. The molecule has 0 saturated carbocycles. The van der Waals surface area contributed by atoms with Gasteiger partial charge in [-0.2, -0.15) is 0 Å². The highest BCUT2D eigenvalue weighted by molar-refractivity contribution is 6.06. The van der Waals surface area contributed by atoms with Gasteiger partial charge in [0, 0.05) is 17.4 Å². The molecule has 0 aliphatic carbocycles. The van der Waals surface area contributed by atoms with Gasteiger partial charge in [0.05, 0.1) is 22.4 Å². The van der Waals surface area contributed by atoms with Crippen LogP contribution in [0, 0.1) is 17.0 Å². The number of furan rings is 1. The van der Waals surface area contributed by atoms with Crippen molar-refractivity contribution in [3.8, 4) is 0 Å². The summed E-state index contributed by atoms with van der Waals surface area (Å²) in [6.45, 7) is 1.59. The second-order valence-electron chi connectivity index (χ2n) is 5.55. The molecule has 0 aliphatic heterocycles. The third-order valence-electron chi connectivity index (χ3n) is 3.67. The number of nitrogens with zero attached hydrogens (tertiary/aromatic N) is 2. The van der Waals surface area contributed by atoms with E-state index in [4.69, 9.17) is 4.42 Å². The van der Waals surface area contributed by atoms with Crippen LogP contribution < -0.4 is 10.6 Å². The number of nitrogens with one attached hydrogen (secondary N) is 2. The standard InChI is InChI=1S/C18H14N4O5/c1-11-15(9-14(10-19-11)22(25)26)17(23)20-12-4-6-13(7-5-12)21-18(24)16-3-2-8-27-16/h2-10H,1H3,(H,20,23)(H,21,24). The molecule has 2 aromatic heterocycles. The molecule has 9 heteroatoms. The van der Waals surface area contributed by atoms with E-state index in [0.717, 1.165) is 6.20 Å². The summed E-state index contributed by atoms with van der Waals surface area (Å²) >= 11 is 0. The Labute approximate surface area is 153 Å². The average molecular weight is 366 g/mol. The van der Waals surface area contributed by atoms with Gasteiger partial charge in [-0.05, 0) is 43.3 Å². The smallest absolute Gasteiger partial charge is 0.291 e. The fourth-order valence-corrected chi connectivity index (χ4v) is 2.29. The van der Waals surface area contributed by atoms with Crippen LogP contribution >= 0.6 is 0 Å². The highest BCUT2D eigenvalue weighted by atomic mass is 16.6. The summed E-state index contributed by atoms with van der Waals surface area (Å²) in [5.74, 6) is -0.729. The minimum Gasteiger partial charge on any atom is -0.459 e. The number of benzene rings is 1. The van der Waals surface area contributed by atoms with Gasteiger partial charge >= 0.3 is 0 Å². The molecule has 0 spiro atoms. The van der Waals surface area contributed by atoms with Crippen LogP contribution in [0.2, 0.25) is 0 Å². The fraction of sp³-hybridized carbons (Fsp3) is 0.0556. The maximum absolute atomic E-state index is 12.4. The van der Waals surface area contributed by atoms with Crippen molar-refractivity contribution in [2.75, 3.05) is 10.6 Å². The van der Waals surface area contributed by atoms with Crippen LogP contribution in [0.1, 0.15) is 26.6 Å². The number of anilines is 2. The fourth-order valence-electron chi connectivity index (χ4n) is 2.29. The van der Waals surface area contributed by atoms with E-state index in [1.807, 2.05) is 0 Å². The predicted molar refractivity (Wildman–Crippen MR) is 96.7 cm³/mol. The molecular weight excluding hydrogens is 352 g/mol. The van der Waals surface area contributed by atoms with Gasteiger partial charge in [-0.25, -0.2) is 0 Å². The summed E-state index contributed by atoms with van der Waals surface area (Å²) in [6, 6.07) is 10.7. The molecule has 0 atom stereocenters. The third-order valence-corrected chi connectivity index (χ3v) is 3.67. The van der Waals surface area contributed by atoms with Crippen molar-refractivity contribution in [3.63, 3.8) is 0 Å². The molecule has 0 aliphatic rings. The van der Waals surface area contributed by atoms with Gasteiger partial charge in [-0.15, -0.1) is 0 Å².